The van der Waals surface area contributed by atoms with Gasteiger partial charge in [0.1, 0.15) is 12.3 Å². The molecule has 166 valence electrons. The third-order valence-electron chi connectivity index (χ3n) is 4.82. The third-order valence-corrected chi connectivity index (χ3v) is 6.43. The Hall–Kier alpha value is -2.91. The Morgan fingerprint density at radius 1 is 1.19 bits per heavy atom. The van der Waals surface area contributed by atoms with Crippen LogP contribution in [0.25, 0.3) is 0 Å². The van der Waals surface area contributed by atoms with E-state index in [1.165, 1.54) is 22.9 Å². The van der Waals surface area contributed by atoms with Gasteiger partial charge in [0.2, 0.25) is 11.8 Å². The average molecular weight is 481 g/mol. The van der Waals surface area contributed by atoms with Crippen LogP contribution in [-0.4, -0.2) is 18.4 Å². The zero-order chi connectivity index (χ0) is 22.9. The quantitative estimate of drug-likeness (QED) is 0.485. The highest BCUT2D eigenvalue weighted by Crippen LogP contribution is 2.45. The van der Waals surface area contributed by atoms with Gasteiger partial charge in [0.15, 0.2) is 0 Å². The molecule has 10 heteroatoms. The van der Waals surface area contributed by atoms with Gasteiger partial charge < -0.3 is 14.6 Å². The van der Waals surface area contributed by atoms with Gasteiger partial charge in [0.25, 0.3) is 0 Å². The second kappa shape index (κ2) is 8.91. The van der Waals surface area contributed by atoms with Gasteiger partial charge in [-0.15, -0.1) is 11.8 Å². The van der Waals surface area contributed by atoms with Crippen molar-refractivity contribution in [3.63, 3.8) is 0 Å². The van der Waals surface area contributed by atoms with Crippen LogP contribution in [-0.2, 0) is 15.8 Å². The van der Waals surface area contributed by atoms with Gasteiger partial charge in [0.05, 0.1) is 33.5 Å². The predicted molar refractivity (Wildman–Crippen MR) is 116 cm³/mol. The lowest BCUT2D eigenvalue weighted by atomic mass is 10.2. The summed E-state index contributed by atoms with van der Waals surface area (Å²) in [6.45, 7) is -0.381. The van der Waals surface area contributed by atoms with Gasteiger partial charge in [0, 0.05) is 11.3 Å². The molecule has 2 aromatic carbocycles. The predicted octanol–water partition coefficient (Wildman–Crippen LogP) is 6.16. The van der Waals surface area contributed by atoms with Crippen molar-refractivity contribution in [1.82, 2.24) is 0 Å². The number of anilines is 2. The molecule has 4 rings (SSSR count). The lowest BCUT2D eigenvalue weighted by Gasteiger charge is -2.22. The number of nitrogens with zero attached hydrogens (tertiary/aromatic N) is 1. The van der Waals surface area contributed by atoms with E-state index in [1.807, 2.05) is 12.1 Å². The Bertz CT molecular complexity index is 1150. The van der Waals surface area contributed by atoms with Gasteiger partial charge >= 0.3 is 6.18 Å². The summed E-state index contributed by atoms with van der Waals surface area (Å²) >= 11 is 7.42. The first-order chi connectivity index (χ1) is 15.2. The summed E-state index contributed by atoms with van der Waals surface area (Å²) in [4.78, 5) is 27.8. The third kappa shape index (κ3) is 4.78. The second-order valence-corrected chi connectivity index (χ2v) is 8.67. The molecule has 0 saturated heterocycles. The molecule has 1 atom stereocenters. The molecule has 3 aromatic rings. The lowest BCUT2D eigenvalue weighted by molar-refractivity contribution is -0.137. The van der Waals surface area contributed by atoms with Crippen molar-refractivity contribution in [2.75, 3.05) is 16.8 Å². The molecular weight excluding hydrogens is 465 g/mol. The van der Waals surface area contributed by atoms with Crippen LogP contribution in [0.3, 0.4) is 0 Å². The van der Waals surface area contributed by atoms with Crippen LogP contribution in [0.4, 0.5) is 24.5 Å². The molecule has 0 aliphatic carbocycles. The monoisotopic (exact) mass is 480 g/mol. The summed E-state index contributed by atoms with van der Waals surface area (Å²) in [7, 11) is 0. The number of carbonyl (C=O) groups is 2. The van der Waals surface area contributed by atoms with Crippen LogP contribution >= 0.6 is 23.4 Å². The van der Waals surface area contributed by atoms with E-state index in [1.54, 1.807) is 24.3 Å². The molecule has 0 saturated carbocycles. The first-order valence-corrected chi connectivity index (χ1v) is 10.7. The minimum Gasteiger partial charge on any atom is -0.468 e. The van der Waals surface area contributed by atoms with Crippen LogP contribution in [0.5, 0.6) is 0 Å². The number of para-hydroxylation sites is 1. The number of halogens is 4. The van der Waals surface area contributed by atoms with Crippen molar-refractivity contribution in [3.05, 3.63) is 77.2 Å². The van der Waals surface area contributed by atoms with Crippen LogP contribution in [0.1, 0.15) is 23.0 Å². The van der Waals surface area contributed by atoms with Crippen molar-refractivity contribution in [3.8, 4) is 0 Å². The molecule has 2 heterocycles. The van der Waals surface area contributed by atoms with Gasteiger partial charge in [-0.1, -0.05) is 23.7 Å². The van der Waals surface area contributed by atoms with Crippen LogP contribution in [0, 0.1) is 0 Å². The van der Waals surface area contributed by atoms with Crippen LogP contribution in [0.2, 0.25) is 5.02 Å². The fourth-order valence-corrected chi connectivity index (χ4v) is 4.72. The van der Waals surface area contributed by atoms with Crippen LogP contribution < -0.4 is 10.2 Å². The summed E-state index contributed by atoms with van der Waals surface area (Å²) in [5, 5.41) is 2.08. The summed E-state index contributed by atoms with van der Waals surface area (Å²) in [6, 6.07) is 13.3. The maximum absolute atomic E-state index is 13.0. The molecular formula is C22H16ClF3N2O3S. The maximum atomic E-state index is 13.0. The van der Waals surface area contributed by atoms with E-state index in [4.69, 9.17) is 16.0 Å². The molecule has 0 fully saturated rings. The standard InChI is InChI=1S/C22H16ClF3N2O3S/c23-14-8-7-13(22(24,25)26)10-15(14)27-20(29)12-28-16-4-1-2-6-18(16)32-19(11-21(28)30)17-5-3-9-31-17/h1-10,19H,11-12H2,(H,27,29)/t19-/m0/s1. The van der Waals surface area contributed by atoms with E-state index < -0.39 is 17.6 Å². The van der Waals surface area contributed by atoms with Crippen LogP contribution in [0.15, 0.2) is 70.2 Å². The fourth-order valence-electron chi connectivity index (χ4n) is 3.32. The average Bonchev–Trinajstić information content (AvgIpc) is 3.23. The molecule has 0 bridgehead atoms. The van der Waals surface area contributed by atoms with Crippen molar-refractivity contribution in [2.24, 2.45) is 0 Å². The van der Waals surface area contributed by atoms with Gasteiger partial charge in [-0.25, -0.2) is 0 Å². The van der Waals surface area contributed by atoms with E-state index >= 15 is 0 Å². The summed E-state index contributed by atoms with van der Waals surface area (Å²) in [5.74, 6) is -0.342. The Balaban J connectivity index is 1.57. The molecule has 0 spiro atoms. The number of nitrogens with one attached hydrogen (secondary N) is 1. The molecule has 1 aliphatic rings. The Morgan fingerprint density at radius 2 is 1.97 bits per heavy atom. The number of rotatable bonds is 4. The highest BCUT2D eigenvalue weighted by atomic mass is 35.5. The minimum atomic E-state index is -4.58. The molecule has 32 heavy (non-hydrogen) atoms. The highest BCUT2D eigenvalue weighted by Gasteiger charge is 2.33. The first kappa shape index (κ1) is 22.3. The number of carbonyl (C=O) groups excluding carboxylic acids is 2. The number of thioether (sulfide) groups is 1. The number of hydrogen-bond acceptors (Lipinski definition) is 4. The summed E-state index contributed by atoms with van der Waals surface area (Å²) in [6.07, 6.45) is -2.96. The number of benzene rings is 2. The molecule has 0 unspecified atom stereocenters. The molecule has 1 aromatic heterocycles. The number of furan rings is 1. The number of hydrogen-bond donors (Lipinski definition) is 1. The molecule has 1 aliphatic heterocycles. The Labute approximate surface area is 190 Å². The van der Waals surface area contributed by atoms with Gasteiger partial charge in [-0.2, -0.15) is 13.2 Å². The summed E-state index contributed by atoms with van der Waals surface area (Å²) in [5.41, 5.74) is -0.571. The number of fused-ring (bicyclic) bond motifs is 1. The Morgan fingerprint density at radius 3 is 2.69 bits per heavy atom. The minimum absolute atomic E-state index is 0.0395. The second-order valence-electron chi connectivity index (χ2n) is 7.01. The molecule has 5 nitrogen and oxygen atoms in total. The lowest BCUT2D eigenvalue weighted by Crippen LogP contribution is -2.38. The molecule has 1 N–H and O–H groups in total. The topological polar surface area (TPSA) is 62.6 Å². The molecule has 2 amide bonds. The Kier molecular flexibility index (Phi) is 6.21. The first-order valence-electron chi connectivity index (χ1n) is 9.48. The number of amides is 2. The van der Waals surface area contributed by atoms with Crippen molar-refractivity contribution >= 4 is 46.6 Å². The fraction of sp³-hybridized carbons (Fsp3) is 0.182. The van der Waals surface area contributed by atoms with Crippen molar-refractivity contribution in [1.29, 1.82) is 0 Å². The van der Waals surface area contributed by atoms with E-state index in [0.29, 0.717) is 11.4 Å². The smallest absolute Gasteiger partial charge is 0.416 e. The number of alkyl halides is 3. The van der Waals surface area contributed by atoms with Gasteiger partial charge in [-0.3, -0.25) is 9.59 Å². The van der Waals surface area contributed by atoms with E-state index in [9.17, 15) is 22.8 Å². The SMILES string of the molecule is O=C(CN1C(=O)C[C@@H](c2ccco2)Sc2ccccc21)Nc1cc(C(F)(F)F)ccc1Cl. The normalized spacial score (nSPS) is 16.4. The summed E-state index contributed by atoms with van der Waals surface area (Å²) < 4.78 is 44.5. The maximum Gasteiger partial charge on any atom is 0.416 e. The van der Waals surface area contributed by atoms with Crippen molar-refractivity contribution in [2.45, 2.75) is 22.7 Å². The highest BCUT2D eigenvalue weighted by molar-refractivity contribution is 7.99. The van der Waals surface area contributed by atoms with Gasteiger partial charge in [-0.05, 0) is 42.5 Å². The van der Waals surface area contributed by atoms with E-state index in [0.717, 1.165) is 23.1 Å². The zero-order valence-corrected chi connectivity index (χ0v) is 17.9. The van der Waals surface area contributed by atoms with Crippen molar-refractivity contribution < 1.29 is 27.2 Å². The molecule has 0 radical (unpaired) electrons. The van der Waals surface area contributed by atoms with E-state index in [-0.39, 0.29) is 34.8 Å². The largest absolute Gasteiger partial charge is 0.468 e. The zero-order valence-electron chi connectivity index (χ0n) is 16.4. The van der Waals surface area contributed by atoms with E-state index in [2.05, 4.69) is 5.32 Å².